The first-order valence-corrected chi connectivity index (χ1v) is 11.0. The van der Waals surface area contributed by atoms with Gasteiger partial charge >= 0.3 is 0 Å². The monoisotopic (exact) mass is 402 g/mol. The Kier molecular flexibility index (Phi) is 7.40. The van der Waals surface area contributed by atoms with Crippen LogP contribution < -0.4 is 9.47 Å². The molecule has 1 saturated carbocycles. The van der Waals surface area contributed by atoms with E-state index < -0.39 is 6.04 Å². The largest absolute Gasteiger partial charge is 0.493 e. The molecule has 1 aliphatic carbocycles. The number of carbonyl (C=O) groups excluding carboxylic acids is 2. The number of amides is 2. The number of hydrogen-bond donors (Lipinski definition) is 0. The zero-order valence-corrected chi connectivity index (χ0v) is 18.0. The molecule has 1 aliphatic heterocycles. The summed E-state index contributed by atoms with van der Waals surface area (Å²) in [5.41, 5.74) is 0.787. The Morgan fingerprint density at radius 3 is 2.38 bits per heavy atom. The summed E-state index contributed by atoms with van der Waals surface area (Å²) >= 11 is 0. The second-order valence-corrected chi connectivity index (χ2v) is 7.94. The summed E-state index contributed by atoms with van der Waals surface area (Å²) in [6, 6.07) is 5.15. The smallest absolute Gasteiger partial charge is 0.250 e. The fraction of sp³-hybridized carbons (Fsp3) is 0.652. The Labute approximate surface area is 174 Å². The molecule has 6 nitrogen and oxygen atoms in total. The van der Waals surface area contributed by atoms with E-state index in [1.807, 2.05) is 36.9 Å². The summed E-state index contributed by atoms with van der Waals surface area (Å²) in [4.78, 5) is 30.3. The second-order valence-electron chi connectivity index (χ2n) is 7.94. The van der Waals surface area contributed by atoms with E-state index in [0.29, 0.717) is 24.7 Å². The summed E-state index contributed by atoms with van der Waals surface area (Å²) in [6.07, 6.45) is 7.49. The lowest BCUT2D eigenvalue weighted by Crippen LogP contribution is -2.58. The number of rotatable bonds is 7. The van der Waals surface area contributed by atoms with Gasteiger partial charge in [0.05, 0.1) is 13.7 Å². The summed E-state index contributed by atoms with van der Waals surface area (Å²) in [6.45, 7) is 5.26. The van der Waals surface area contributed by atoms with Crippen LogP contribution in [0.5, 0.6) is 11.5 Å². The van der Waals surface area contributed by atoms with E-state index in [9.17, 15) is 9.59 Å². The molecule has 2 fully saturated rings. The van der Waals surface area contributed by atoms with E-state index in [2.05, 4.69) is 0 Å². The quantitative estimate of drug-likeness (QED) is 0.648. The van der Waals surface area contributed by atoms with Crippen molar-refractivity contribution in [1.82, 2.24) is 9.80 Å². The lowest BCUT2D eigenvalue weighted by Gasteiger charge is -2.43. The first-order valence-electron chi connectivity index (χ1n) is 11.0. The normalized spacial score (nSPS) is 21.3. The first-order chi connectivity index (χ1) is 14.1. The molecule has 1 heterocycles. The van der Waals surface area contributed by atoms with Crippen LogP contribution in [0.25, 0.3) is 0 Å². The minimum absolute atomic E-state index is 0.0357. The van der Waals surface area contributed by atoms with Crippen LogP contribution in [-0.4, -0.2) is 54.5 Å². The number of benzene rings is 1. The number of hydrogen-bond acceptors (Lipinski definition) is 4. The van der Waals surface area contributed by atoms with Crippen LogP contribution in [0.3, 0.4) is 0 Å². The van der Waals surface area contributed by atoms with Gasteiger partial charge < -0.3 is 19.3 Å². The van der Waals surface area contributed by atoms with Crippen molar-refractivity contribution < 1.29 is 19.1 Å². The van der Waals surface area contributed by atoms with Crippen molar-refractivity contribution in [3.05, 3.63) is 23.8 Å². The van der Waals surface area contributed by atoms with Crippen LogP contribution in [0.4, 0.5) is 0 Å². The van der Waals surface area contributed by atoms with Gasteiger partial charge in [-0.05, 0) is 43.9 Å². The topological polar surface area (TPSA) is 59.1 Å². The van der Waals surface area contributed by atoms with Crippen LogP contribution in [0.1, 0.15) is 70.4 Å². The molecule has 0 bridgehead atoms. The molecule has 1 aromatic carbocycles. The molecule has 29 heavy (non-hydrogen) atoms. The van der Waals surface area contributed by atoms with Crippen molar-refractivity contribution in [3.63, 3.8) is 0 Å². The first kappa shape index (κ1) is 21.5. The third kappa shape index (κ3) is 4.68. The lowest BCUT2D eigenvalue weighted by atomic mass is 9.97. The number of ether oxygens (including phenoxy) is 2. The highest BCUT2D eigenvalue weighted by atomic mass is 16.5. The molecule has 0 spiro atoms. The van der Waals surface area contributed by atoms with Crippen molar-refractivity contribution in [2.24, 2.45) is 0 Å². The van der Waals surface area contributed by atoms with E-state index in [-0.39, 0.29) is 24.4 Å². The number of carbonyl (C=O) groups is 2. The molecule has 160 valence electrons. The fourth-order valence-electron chi connectivity index (χ4n) is 4.57. The average molecular weight is 403 g/mol. The maximum atomic E-state index is 13.6. The molecule has 0 N–H and O–H groups in total. The molecular formula is C23H34N2O4. The Morgan fingerprint density at radius 1 is 1.03 bits per heavy atom. The SMILES string of the molecule is CCCN1C(=O)CN(C2CCCCCC2)C(=O)[C@@H]1c1ccc(OCC)c(OC)c1. The zero-order valence-electron chi connectivity index (χ0n) is 18.0. The van der Waals surface area contributed by atoms with Crippen molar-refractivity contribution in [2.45, 2.75) is 70.9 Å². The number of methoxy groups -OCH3 is 1. The van der Waals surface area contributed by atoms with Gasteiger partial charge in [-0.25, -0.2) is 0 Å². The molecular weight excluding hydrogens is 368 g/mol. The van der Waals surface area contributed by atoms with Gasteiger partial charge in [-0.15, -0.1) is 0 Å². The summed E-state index contributed by atoms with van der Waals surface area (Å²) in [7, 11) is 1.59. The predicted octanol–water partition coefficient (Wildman–Crippen LogP) is 3.94. The molecule has 2 amide bonds. The second kappa shape index (κ2) is 9.99. The van der Waals surface area contributed by atoms with E-state index in [1.165, 1.54) is 12.8 Å². The lowest BCUT2D eigenvalue weighted by molar-refractivity contribution is -0.159. The Morgan fingerprint density at radius 2 is 1.76 bits per heavy atom. The van der Waals surface area contributed by atoms with Crippen LogP contribution in [0, 0.1) is 0 Å². The molecule has 1 saturated heterocycles. The van der Waals surface area contributed by atoms with Gasteiger partial charge in [-0.2, -0.15) is 0 Å². The van der Waals surface area contributed by atoms with Crippen molar-refractivity contribution in [3.8, 4) is 11.5 Å². The van der Waals surface area contributed by atoms with E-state index in [4.69, 9.17) is 9.47 Å². The van der Waals surface area contributed by atoms with Gasteiger partial charge in [0.2, 0.25) is 5.91 Å². The van der Waals surface area contributed by atoms with Gasteiger partial charge in [-0.3, -0.25) is 9.59 Å². The van der Waals surface area contributed by atoms with Crippen molar-refractivity contribution >= 4 is 11.8 Å². The van der Waals surface area contributed by atoms with Crippen LogP contribution >= 0.6 is 0 Å². The van der Waals surface area contributed by atoms with E-state index in [0.717, 1.165) is 37.7 Å². The number of piperazine rings is 1. The Balaban J connectivity index is 1.95. The van der Waals surface area contributed by atoms with Gasteiger partial charge in [0.15, 0.2) is 11.5 Å². The molecule has 2 aliphatic rings. The summed E-state index contributed by atoms with van der Waals surface area (Å²) in [5.74, 6) is 1.31. The van der Waals surface area contributed by atoms with Crippen LogP contribution in [0.15, 0.2) is 18.2 Å². The van der Waals surface area contributed by atoms with Gasteiger partial charge in [0, 0.05) is 12.6 Å². The highest BCUT2D eigenvalue weighted by Crippen LogP contribution is 2.36. The van der Waals surface area contributed by atoms with Crippen molar-refractivity contribution in [2.75, 3.05) is 26.8 Å². The third-order valence-electron chi connectivity index (χ3n) is 5.99. The van der Waals surface area contributed by atoms with Gasteiger partial charge in [-0.1, -0.05) is 38.7 Å². The van der Waals surface area contributed by atoms with E-state index in [1.54, 1.807) is 12.0 Å². The van der Waals surface area contributed by atoms with Crippen LogP contribution in [0.2, 0.25) is 0 Å². The molecule has 6 heteroatoms. The highest BCUT2D eigenvalue weighted by molar-refractivity contribution is 5.96. The zero-order chi connectivity index (χ0) is 20.8. The molecule has 1 atom stereocenters. The standard InChI is InChI=1S/C23H34N2O4/c1-4-14-24-21(26)16-25(18-10-8-6-7-9-11-18)23(27)22(24)17-12-13-19(29-5-2)20(15-17)28-3/h12-13,15,18,22H,4-11,14,16H2,1-3H3/t22-/m0/s1. The predicted molar refractivity (Wildman–Crippen MR) is 112 cm³/mol. The fourth-order valence-corrected chi connectivity index (χ4v) is 4.57. The maximum absolute atomic E-state index is 13.6. The molecule has 0 unspecified atom stereocenters. The highest BCUT2D eigenvalue weighted by Gasteiger charge is 2.42. The van der Waals surface area contributed by atoms with E-state index >= 15 is 0 Å². The van der Waals surface area contributed by atoms with Gasteiger partial charge in [0.25, 0.3) is 5.91 Å². The van der Waals surface area contributed by atoms with Crippen LogP contribution in [-0.2, 0) is 9.59 Å². The molecule has 0 radical (unpaired) electrons. The Hall–Kier alpha value is -2.24. The average Bonchev–Trinajstić information content (AvgIpc) is 3.01. The Bertz CT molecular complexity index is 713. The molecule has 3 rings (SSSR count). The summed E-state index contributed by atoms with van der Waals surface area (Å²) in [5, 5.41) is 0. The molecule has 0 aromatic heterocycles. The third-order valence-corrected chi connectivity index (χ3v) is 5.99. The molecule has 1 aromatic rings. The van der Waals surface area contributed by atoms with Gasteiger partial charge in [0.1, 0.15) is 12.6 Å². The minimum atomic E-state index is -0.593. The minimum Gasteiger partial charge on any atom is -0.493 e. The van der Waals surface area contributed by atoms with Crippen molar-refractivity contribution in [1.29, 1.82) is 0 Å². The number of nitrogens with zero attached hydrogens (tertiary/aromatic N) is 2. The summed E-state index contributed by atoms with van der Waals surface area (Å²) < 4.78 is 11.1. The maximum Gasteiger partial charge on any atom is 0.250 e.